The summed E-state index contributed by atoms with van der Waals surface area (Å²) in [7, 11) is -4.54. The molecule has 4 aromatic carbocycles. The monoisotopic (exact) mass is 531 g/mol. The van der Waals surface area contributed by atoms with Gasteiger partial charge >= 0.3 is 11.5 Å². The second-order valence-electron chi connectivity index (χ2n) is 8.89. The first kappa shape index (κ1) is 24.5. The quantitative estimate of drug-likeness (QED) is 0.161. The average Bonchev–Trinajstić information content (AvgIpc) is 3.48. The molecule has 0 unspecified atom stereocenters. The lowest BCUT2D eigenvalue weighted by atomic mass is 10.0. The maximum absolute atomic E-state index is 11.4. The highest BCUT2D eigenvalue weighted by atomic mass is 32.2. The molecule has 0 aliphatic rings. The van der Waals surface area contributed by atoms with E-state index < -0.39 is 10.1 Å². The number of aromatic nitrogens is 1. The molecule has 190 valence electrons. The van der Waals surface area contributed by atoms with Crippen molar-refractivity contribution in [3.05, 3.63) is 128 Å². The van der Waals surface area contributed by atoms with Crippen molar-refractivity contribution in [1.29, 1.82) is 0 Å². The van der Waals surface area contributed by atoms with Crippen molar-refractivity contribution in [1.82, 2.24) is 4.98 Å². The molecule has 2 heterocycles. The Morgan fingerprint density at radius 2 is 1.10 bits per heavy atom. The summed E-state index contributed by atoms with van der Waals surface area (Å²) in [4.78, 5) is 4.12. The third-order valence-corrected chi connectivity index (χ3v) is 7.16. The fourth-order valence-electron chi connectivity index (χ4n) is 4.29. The molecule has 0 spiro atoms. The van der Waals surface area contributed by atoms with Crippen LogP contribution in [-0.4, -0.2) is 18.0 Å². The average molecular weight is 532 g/mol. The van der Waals surface area contributed by atoms with Gasteiger partial charge in [0.2, 0.25) is 5.89 Å². The minimum Gasteiger partial charge on any atom is -0.744 e. The van der Waals surface area contributed by atoms with E-state index in [4.69, 9.17) is 8.83 Å². The summed E-state index contributed by atoms with van der Waals surface area (Å²) in [6.45, 7) is 0. The van der Waals surface area contributed by atoms with Gasteiger partial charge in [-0.2, -0.15) is 0 Å². The third-order valence-electron chi connectivity index (χ3n) is 6.31. The van der Waals surface area contributed by atoms with Crippen LogP contribution in [0.2, 0.25) is 0 Å². The Kier molecular flexibility index (Phi) is 6.36. The fraction of sp³-hybridized carbons (Fsp3) is 0. The van der Waals surface area contributed by atoms with Gasteiger partial charge in [-0.25, -0.2) is 17.8 Å². The zero-order chi connectivity index (χ0) is 26.8. The molecule has 0 aliphatic heterocycles. The molecular formula is C32H21NO5S. The van der Waals surface area contributed by atoms with Gasteiger partial charge in [-0.15, -0.1) is 0 Å². The van der Waals surface area contributed by atoms with Crippen molar-refractivity contribution in [2.75, 3.05) is 0 Å². The van der Waals surface area contributed by atoms with Crippen molar-refractivity contribution in [2.24, 2.45) is 0 Å². The number of oxazole rings is 1. The van der Waals surface area contributed by atoms with Crippen LogP contribution in [0.4, 0.5) is 0 Å². The van der Waals surface area contributed by atoms with E-state index in [9.17, 15) is 13.0 Å². The lowest BCUT2D eigenvalue weighted by molar-refractivity contribution is 0.463. The number of rotatable bonds is 6. The Morgan fingerprint density at radius 1 is 0.590 bits per heavy atom. The summed E-state index contributed by atoms with van der Waals surface area (Å²) >= 11 is 0. The van der Waals surface area contributed by atoms with E-state index in [-0.39, 0.29) is 4.90 Å². The highest BCUT2D eigenvalue weighted by molar-refractivity contribution is 7.85. The summed E-state index contributed by atoms with van der Waals surface area (Å²) in [6, 6.07) is 37.0. The molecule has 0 N–H and O–H groups in total. The molecule has 7 heteroatoms. The van der Waals surface area contributed by atoms with Gasteiger partial charge in [-0.05, 0) is 54.1 Å². The third kappa shape index (κ3) is 5.27. The van der Waals surface area contributed by atoms with Crippen molar-refractivity contribution >= 4 is 10.1 Å². The Balaban J connectivity index is 1.37. The maximum atomic E-state index is 11.4. The largest absolute Gasteiger partial charge is 0.744 e. The summed E-state index contributed by atoms with van der Waals surface area (Å²) in [5.74, 6) is 2.37. The molecule has 6 rings (SSSR count). The summed E-state index contributed by atoms with van der Waals surface area (Å²) in [5.41, 5.74) is 5.21. The van der Waals surface area contributed by atoms with Crippen LogP contribution in [0.25, 0.3) is 56.6 Å². The van der Waals surface area contributed by atoms with Crippen LogP contribution in [0, 0.1) is 0 Å². The molecule has 0 bridgehead atoms. The molecule has 6 nitrogen and oxygen atoms in total. The van der Waals surface area contributed by atoms with E-state index in [1.165, 1.54) is 12.1 Å². The van der Waals surface area contributed by atoms with Gasteiger partial charge < -0.3 is 8.97 Å². The number of hydrogen-bond acceptors (Lipinski definition) is 5. The molecule has 2 aromatic heterocycles. The topological polar surface area (TPSA) is 94.5 Å². The van der Waals surface area contributed by atoms with E-state index >= 15 is 0 Å². The van der Waals surface area contributed by atoms with E-state index in [1.807, 2.05) is 97.1 Å². The molecule has 6 aromatic rings. The molecule has 39 heavy (non-hydrogen) atoms. The Bertz CT molecular complexity index is 1850. The summed E-state index contributed by atoms with van der Waals surface area (Å²) in [6.07, 6.45) is 1.71. The van der Waals surface area contributed by atoms with Gasteiger partial charge in [0, 0.05) is 16.7 Å². The molecule has 0 aliphatic carbocycles. The fourth-order valence-corrected chi connectivity index (χ4v) is 4.76. The van der Waals surface area contributed by atoms with Gasteiger partial charge in [0.05, 0.1) is 34.4 Å². The molecular weight excluding hydrogens is 510 g/mol. The molecule has 0 amide bonds. The van der Waals surface area contributed by atoms with E-state index in [0.717, 1.165) is 27.8 Å². The van der Waals surface area contributed by atoms with Gasteiger partial charge in [0.25, 0.3) is 0 Å². The van der Waals surface area contributed by atoms with Crippen LogP contribution < -0.4 is 0 Å². The van der Waals surface area contributed by atoms with Gasteiger partial charge in [-0.1, -0.05) is 60.7 Å². The van der Waals surface area contributed by atoms with Gasteiger partial charge in [0.1, 0.15) is 10.1 Å². The van der Waals surface area contributed by atoms with Crippen LogP contribution in [-0.2, 0) is 10.1 Å². The SMILES string of the molecule is O=S(=O)([O-])c1ccc(-c2cc(-c3ccccc3)cc(-c3ccc(-c4cnc(-c5ccccc5)o4)cc3)[o+]2)cc1. The highest BCUT2D eigenvalue weighted by Gasteiger charge is 2.21. The van der Waals surface area contributed by atoms with Crippen LogP contribution in [0.1, 0.15) is 0 Å². The second-order valence-corrected chi connectivity index (χ2v) is 10.3. The second kappa shape index (κ2) is 10.1. The lowest BCUT2D eigenvalue weighted by Gasteiger charge is -2.06. The first-order valence-electron chi connectivity index (χ1n) is 12.2. The van der Waals surface area contributed by atoms with Crippen molar-refractivity contribution < 1.29 is 21.8 Å². The zero-order valence-corrected chi connectivity index (χ0v) is 21.3. The Labute approximate surface area is 225 Å². The Morgan fingerprint density at radius 3 is 1.67 bits per heavy atom. The predicted octanol–water partition coefficient (Wildman–Crippen LogP) is 7.79. The van der Waals surface area contributed by atoms with Crippen LogP contribution in [0.15, 0.2) is 141 Å². The van der Waals surface area contributed by atoms with Crippen molar-refractivity contribution in [2.45, 2.75) is 4.90 Å². The maximum Gasteiger partial charge on any atom is 0.361 e. The molecule has 0 saturated carbocycles. The zero-order valence-electron chi connectivity index (χ0n) is 20.5. The van der Waals surface area contributed by atoms with E-state index in [2.05, 4.69) is 4.98 Å². The summed E-state index contributed by atoms with van der Waals surface area (Å²) in [5, 5.41) is 0. The van der Waals surface area contributed by atoms with Gasteiger partial charge in [0.15, 0.2) is 5.76 Å². The smallest absolute Gasteiger partial charge is 0.361 e. The van der Waals surface area contributed by atoms with Gasteiger partial charge in [-0.3, -0.25) is 0 Å². The lowest BCUT2D eigenvalue weighted by Crippen LogP contribution is -1.97. The van der Waals surface area contributed by atoms with Crippen molar-refractivity contribution in [3.8, 4) is 56.6 Å². The predicted molar refractivity (Wildman–Crippen MR) is 148 cm³/mol. The van der Waals surface area contributed by atoms with E-state index in [0.29, 0.717) is 28.7 Å². The first-order valence-corrected chi connectivity index (χ1v) is 13.6. The summed E-state index contributed by atoms with van der Waals surface area (Å²) < 4.78 is 46.4. The van der Waals surface area contributed by atoms with E-state index in [1.54, 1.807) is 18.3 Å². The first-order chi connectivity index (χ1) is 18.9. The highest BCUT2D eigenvalue weighted by Crippen LogP contribution is 2.34. The standard InChI is InChI=1S/C32H21NO5S/c34-39(35,36)28-17-15-24(16-18-28)30-20-27(22-7-3-1-4-8-22)19-29(37-30)23-11-13-25(14-12-23)31-21-33-32(38-31)26-9-5-2-6-10-26/h1-21H. The minimum absolute atomic E-state index is 0.288. The Hall–Kier alpha value is -4.85. The molecule has 0 radical (unpaired) electrons. The number of hydrogen-bond donors (Lipinski definition) is 0. The van der Waals surface area contributed by atoms with Crippen LogP contribution in [0.5, 0.6) is 0 Å². The molecule has 0 fully saturated rings. The van der Waals surface area contributed by atoms with Crippen LogP contribution >= 0.6 is 0 Å². The normalized spacial score (nSPS) is 11.4. The van der Waals surface area contributed by atoms with Crippen LogP contribution in [0.3, 0.4) is 0 Å². The minimum atomic E-state index is -4.54. The van der Waals surface area contributed by atoms with Crippen molar-refractivity contribution in [3.63, 3.8) is 0 Å². The number of benzene rings is 4. The number of nitrogens with zero attached hydrogens (tertiary/aromatic N) is 1. The molecule has 0 saturated heterocycles. The molecule has 0 atom stereocenters.